The van der Waals surface area contributed by atoms with E-state index in [2.05, 4.69) is 4.98 Å². The van der Waals surface area contributed by atoms with Gasteiger partial charge in [0.15, 0.2) is 0 Å². The number of hydrogen-bond acceptors (Lipinski definition) is 3. The van der Waals surface area contributed by atoms with Crippen molar-refractivity contribution in [1.29, 1.82) is 0 Å². The van der Waals surface area contributed by atoms with Gasteiger partial charge in [-0.1, -0.05) is 48.5 Å². The Morgan fingerprint density at radius 3 is 2.37 bits per heavy atom. The summed E-state index contributed by atoms with van der Waals surface area (Å²) in [5.74, 6) is -0.254. The van der Waals surface area contributed by atoms with Gasteiger partial charge in [0.2, 0.25) is 5.78 Å². The molecule has 0 unspecified atom stereocenters. The summed E-state index contributed by atoms with van der Waals surface area (Å²) in [5.41, 5.74) is 0.448. The van der Waals surface area contributed by atoms with Gasteiger partial charge in [-0.3, -0.25) is 9.78 Å². The molecule has 0 atom stereocenters. The fraction of sp³-hybridized carbons (Fsp3) is 0.0476. The largest absolute Gasteiger partial charge is 0.418 e. The molecule has 0 saturated carbocycles. The molecule has 0 bridgehead atoms. The van der Waals surface area contributed by atoms with Crippen LogP contribution in [0.4, 0.5) is 13.2 Å². The van der Waals surface area contributed by atoms with Gasteiger partial charge in [-0.15, -0.1) is 11.3 Å². The number of aromatic nitrogens is 1. The minimum Gasteiger partial charge on any atom is -0.288 e. The Labute approximate surface area is 156 Å². The third-order valence-electron chi connectivity index (χ3n) is 4.25. The van der Waals surface area contributed by atoms with Gasteiger partial charge in [0, 0.05) is 17.1 Å². The van der Waals surface area contributed by atoms with Crippen LogP contribution in [0.3, 0.4) is 0 Å². The highest BCUT2D eigenvalue weighted by Crippen LogP contribution is 2.39. The number of rotatable bonds is 3. The number of fused-ring (bicyclic) bond motifs is 1. The van der Waals surface area contributed by atoms with Crippen molar-refractivity contribution in [3.05, 3.63) is 88.2 Å². The van der Waals surface area contributed by atoms with E-state index in [9.17, 15) is 18.0 Å². The van der Waals surface area contributed by atoms with Gasteiger partial charge in [-0.05, 0) is 23.1 Å². The maximum Gasteiger partial charge on any atom is 0.418 e. The molecule has 0 aliphatic heterocycles. The van der Waals surface area contributed by atoms with Crippen molar-refractivity contribution in [2.45, 2.75) is 6.18 Å². The first-order valence-corrected chi connectivity index (χ1v) is 8.97. The van der Waals surface area contributed by atoms with Crippen LogP contribution in [0, 0.1) is 0 Å². The van der Waals surface area contributed by atoms with E-state index in [0.29, 0.717) is 21.4 Å². The average Bonchev–Trinajstić information content (AvgIpc) is 3.20. The van der Waals surface area contributed by atoms with E-state index in [-0.39, 0.29) is 16.9 Å². The van der Waals surface area contributed by atoms with E-state index in [0.717, 1.165) is 6.07 Å². The molecule has 0 saturated heterocycles. The number of carbonyl (C=O) groups excluding carboxylic acids is 1. The van der Waals surface area contributed by atoms with E-state index < -0.39 is 11.7 Å². The Balaban J connectivity index is 2.07. The van der Waals surface area contributed by atoms with Crippen LogP contribution in [0.5, 0.6) is 0 Å². The molecule has 0 aliphatic carbocycles. The van der Waals surface area contributed by atoms with Gasteiger partial charge in [0.05, 0.1) is 21.5 Å². The molecule has 2 aromatic heterocycles. The van der Waals surface area contributed by atoms with Crippen molar-refractivity contribution in [1.82, 2.24) is 4.98 Å². The zero-order valence-corrected chi connectivity index (χ0v) is 14.6. The predicted octanol–water partition coefficient (Wildman–Crippen LogP) is 6.21. The van der Waals surface area contributed by atoms with Crippen molar-refractivity contribution < 1.29 is 18.0 Å². The molecule has 0 amide bonds. The maximum absolute atomic E-state index is 13.4. The Kier molecular flexibility index (Phi) is 4.28. The number of pyridine rings is 1. The van der Waals surface area contributed by atoms with E-state index in [1.165, 1.54) is 23.6 Å². The normalized spacial score (nSPS) is 11.7. The topological polar surface area (TPSA) is 30.0 Å². The fourth-order valence-corrected chi connectivity index (χ4v) is 3.76. The molecule has 0 aliphatic rings. The summed E-state index contributed by atoms with van der Waals surface area (Å²) >= 11 is 1.29. The SMILES string of the molecule is O=C(c1cccs1)c1cnc2c(C(F)(F)F)cccc2c1-c1ccccc1. The highest BCUT2D eigenvalue weighted by Gasteiger charge is 2.34. The molecular weight excluding hydrogens is 371 g/mol. The van der Waals surface area contributed by atoms with Crippen LogP contribution < -0.4 is 0 Å². The Morgan fingerprint density at radius 2 is 1.70 bits per heavy atom. The van der Waals surface area contributed by atoms with E-state index in [1.807, 2.05) is 6.07 Å². The fourth-order valence-electron chi connectivity index (χ4n) is 3.08. The Bertz CT molecular complexity index is 1120. The van der Waals surface area contributed by atoms with Crippen LogP contribution >= 0.6 is 11.3 Å². The van der Waals surface area contributed by atoms with Crippen molar-refractivity contribution in [3.63, 3.8) is 0 Å². The quantitative estimate of drug-likeness (QED) is 0.394. The van der Waals surface area contributed by atoms with Crippen molar-refractivity contribution >= 4 is 28.0 Å². The van der Waals surface area contributed by atoms with Crippen LogP contribution in [-0.2, 0) is 6.18 Å². The Morgan fingerprint density at radius 1 is 0.926 bits per heavy atom. The highest BCUT2D eigenvalue weighted by molar-refractivity contribution is 7.12. The Hall–Kier alpha value is -2.99. The number of hydrogen-bond donors (Lipinski definition) is 0. The summed E-state index contributed by atoms with van der Waals surface area (Å²) in [6.07, 6.45) is -3.28. The molecular formula is C21H12F3NOS. The number of para-hydroxylation sites is 1. The molecule has 4 aromatic rings. The number of alkyl halides is 3. The smallest absolute Gasteiger partial charge is 0.288 e. The zero-order valence-electron chi connectivity index (χ0n) is 13.8. The monoisotopic (exact) mass is 383 g/mol. The summed E-state index contributed by atoms with van der Waals surface area (Å²) in [7, 11) is 0. The number of thiophene rings is 1. The molecule has 4 rings (SSSR count). The number of nitrogens with zero attached hydrogens (tertiary/aromatic N) is 1. The van der Waals surface area contributed by atoms with E-state index in [4.69, 9.17) is 0 Å². The van der Waals surface area contributed by atoms with Gasteiger partial charge >= 0.3 is 6.18 Å². The molecule has 2 heterocycles. The second-order valence-electron chi connectivity index (χ2n) is 5.92. The second kappa shape index (κ2) is 6.63. The van der Waals surface area contributed by atoms with Crippen LogP contribution in [0.2, 0.25) is 0 Å². The molecule has 2 nitrogen and oxygen atoms in total. The lowest BCUT2D eigenvalue weighted by Gasteiger charge is -2.15. The molecule has 27 heavy (non-hydrogen) atoms. The van der Waals surface area contributed by atoms with Gasteiger partial charge in [-0.25, -0.2) is 0 Å². The van der Waals surface area contributed by atoms with Crippen molar-refractivity contribution in [3.8, 4) is 11.1 Å². The summed E-state index contributed by atoms with van der Waals surface area (Å²) in [4.78, 5) is 17.5. The molecule has 2 aromatic carbocycles. The number of carbonyl (C=O) groups is 1. The summed E-state index contributed by atoms with van der Waals surface area (Å²) in [6.45, 7) is 0. The molecule has 134 valence electrons. The van der Waals surface area contributed by atoms with Crippen LogP contribution in [0.25, 0.3) is 22.0 Å². The minimum absolute atomic E-state index is 0.161. The first-order valence-electron chi connectivity index (χ1n) is 8.09. The highest BCUT2D eigenvalue weighted by atomic mass is 32.1. The zero-order chi connectivity index (χ0) is 19.0. The van der Waals surface area contributed by atoms with E-state index >= 15 is 0 Å². The average molecular weight is 383 g/mol. The lowest BCUT2D eigenvalue weighted by atomic mass is 9.93. The molecule has 0 radical (unpaired) electrons. The lowest BCUT2D eigenvalue weighted by molar-refractivity contribution is -0.136. The predicted molar refractivity (Wildman–Crippen MR) is 99.9 cm³/mol. The first-order chi connectivity index (χ1) is 13.0. The third-order valence-corrected chi connectivity index (χ3v) is 5.12. The standard InChI is InChI=1S/C21H12F3NOS/c22-21(23,24)16-9-4-8-14-18(13-6-2-1-3-7-13)15(12-25-19(14)16)20(26)17-10-5-11-27-17/h1-12H. The van der Waals surface area contributed by atoms with Gasteiger partial charge < -0.3 is 0 Å². The molecule has 0 spiro atoms. The number of benzene rings is 2. The first kappa shape index (κ1) is 17.4. The van der Waals surface area contributed by atoms with Crippen molar-refractivity contribution in [2.75, 3.05) is 0 Å². The van der Waals surface area contributed by atoms with Crippen LogP contribution in [0.1, 0.15) is 20.8 Å². The van der Waals surface area contributed by atoms with Gasteiger partial charge in [0.1, 0.15) is 0 Å². The second-order valence-corrected chi connectivity index (χ2v) is 6.87. The van der Waals surface area contributed by atoms with Gasteiger partial charge in [0.25, 0.3) is 0 Å². The number of halogens is 3. The molecule has 0 fully saturated rings. The minimum atomic E-state index is -4.53. The van der Waals surface area contributed by atoms with Crippen LogP contribution in [0.15, 0.2) is 72.2 Å². The summed E-state index contributed by atoms with van der Waals surface area (Å²) in [6, 6.07) is 16.3. The summed E-state index contributed by atoms with van der Waals surface area (Å²) in [5, 5.41) is 2.09. The van der Waals surface area contributed by atoms with Crippen molar-refractivity contribution in [2.24, 2.45) is 0 Å². The number of ketones is 1. The van der Waals surface area contributed by atoms with Crippen LogP contribution in [-0.4, -0.2) is 10.8 Å². The van der Waals surface area contributed by atoms with E-state index in [1.54, 1.807) is 47.8 Å². The maximum atomic E-state index is 13.4. The molecule has 6 heteroatoms. The summed E-state index contributed by atoms with van der Waals surface area (Å²) < 4.78 is 40.3. The van der Waals surface area contributed by atoms with Gasteiger partial charge in [-0.2, -0.15) is 13.2 Å². The molecule has 0 N–H and O–H groups in total. The third kappa shape index (κ3) is 3.13. The lowest BCUT2D eigenvalue weighted by Crippen LogP contribution is -2.09.